The molecule has 10 heteroatoms. The SMILES string of the molecule is N#CCN1CCC(n2cc(Nc3nc(-c4cncnc4)cc4cc[nH]c(=O)c34)cn2)CC1. The molecule has 0 saturated carbocycles. The van der Waals surface area contributed by atoms with Gasteiger partial charge in [0.05, 0.1) is 41.6 Å². The first kappa shape index (κ1) is 19.8. The number of pyridine rings is 2. The van der Waals surface area contributed by atoms with Gasteiger partial charge in [-0.25, -0.2) is 15.0 Å². The number of H-pyrrole nitrogens is 1. The van der Waals surface area contributed by atoms with Gasteiger partial charge >= 0.3 is 0 Å². The smallest absolute Gasteiger partial charge is 0.259 e. The molecule has 2 N–H and O–H groups in total. The van der Waals surface area contributed by atoms with Crippen molar-refractivity contribution in [3.8, 4) is 17.3 Å². The van der Waals surface area contributed by atoms with Crippen LogP contribution in [0.5, 0.6) is 0 Å². The monoisotopic (exact) mass is 427 g/mol. The van der Waals surface area contributed by atoms with E-state index in [0.717, 1.165) is 42.6 Å². The zero-order valence-corrected chi connectivity index (χ0v) is 17.3. The van der Waals surface area contributed by atoms with Gasteiger partial charge in [0.15, 0.2) is 0 Å². The first-order valence-corrected chi connectivity index (χ1v) is 10.4. The number of anilines is 2. The Morgan fingerprint density at radius 2 is 2.03 bits per heavy atom. The molecule has 0 atom stereocenters. The van der Waals surface area contributed by atoms with E-state index in [1.54, 1.807) is 24.8 Å². The van der Waals surface area contributed by atoms with Crippen molar-refractivity contribution in [2.45, 2.75) is 18.9 Å². The number of fused-ring (bicyclic) bond motifs is 1. The molecule has 0 radical (unpaired) electrons. The maximum absolute atomic E-state index is 12.6. The molecule has 32 heavy (non-hydrogen) atoms. The van der Waals surface area contributed by atoms with Crippen molar-refractivity contribution >= 4 is 22.3 Å². The summed E-state index contributed by atoms with van der Waals surface area (Å²) in [5.41, 5.74) is 1.97. The number of hydrogen-bond donors (Lipinski definition) is 2. The summed E-state index contributed by atoms with van der Waals surface area (Å²) in [6.07, 6.45) is 12.0. The number of hydrogen-bond acceptors (Lipinski definition) is 8. The van der Waals surface area contributed by atoms with Crippen LogP contribution in [0.25, 0.3) is 22.0 Å². The highest BCUT2D eigenvalue weighted by Gasteiger charge is 2.21. The molecule has 0 spiro atoms. The van der Waals surface area contributed by atoms with Gasteiger partial charge < -0.3 is 10.3 Å². The molecule has 10 nitrogen and oxygen atoms in total. The fourth-order valence-electron chi connectivity index (χ4n) is 4.06. The Labute approximate surface area is 183 Å². The molecule has 1 aliphatic rings. The highest BCUT2D eigenvalue weighted by Crippen LogP contribution is 2.28. The third-order valence-corrected chi connectivity index (χ3v) is 5.70. The number of piperidine rings is 1. The summed E-state index contributed by atoms with van der Waals surface area (Å²) in [5.74, 6) is 0.451. The van der Waals surface area contributed by atoms with Gasteiger partial charge in [-0.05, 0) is 30.4 Å². The minimum Gasteiger partial charge on any atom is -0.337 e. The third-order valence-electron chi connectivity index (χ3n) is 5.70. The maximum Gasteiger partial charge on any atom is 0.259 e. The number of aromatic amines is 1. The van der Waals surface area contributed by atoms with Crippen LogP contribution in [0.3, 0.4) is 0 Å². The molecule has 4 aromatic heterocycles. The van der Waals surface area contributed by atoms with E-state index in [1.807, 2.05) is 23.0 Å². The predicted octanol–water partition coefficient (Wildman–Crippen LogP) is 2.48. The lowest BCUT2D eigenvalue weighted by Crippen LogP contribution is -2.34. The van der Waals surface area contributed by atoms with E-state index >= 15 is 0 Å². The van der Waals surface area contributed by atoms with Gasteiger partial charge in [0, 0.05) is 43.4 Å². The Morgan fingerprint density at radius 3 is 2.81 bits per heavy atom. The zero-order valence-electron chi connectivity index (χ0n) is 17.3. The number of likely N-dealkylation sites (tertiary alicyclic amines) is 1. The molecule has 1 fully saturated rings. The van der Waals surface area contributed by atoms with E-state index in [-0.39, 0.29) is 11.6 Å². The molecule has 160 valence electrons. The van der Waals surface area contributed by atoms with Crippen molar-refractivity contribution in [2.24, 2.45) is 0 Å². The highest BCUT2D eigenvalue weighted by atomic mass is 16.1. The molecule has 1 saturated heterocycles. The van der Waals surface area contributed by atoms with Gasteiger partial charge in [0.2, 0.25) is 0 Å². The fourth-order valence-corrected chi connectivity index (χ4v) is 4.06. The van der Waals surface area contributed by atoms with Gasteiger partial charge in [-0.15, -0.1) is 0 Å². The molecular formula is C22H21N9O. The van der Waals surface area contributed by atoms with E-state index in [4.69, 9.17) is 10.2 Å². The predicted molar refractivity (Wildman–Crippen MR) is 119 cm³/mol. The first-order valence-electron chi connectivity index (χ1n) is 10.4. The molecule has 5 heterocycles. The van der Waals surface area contributed by atoms with Gasteiger partial charge in [-0.3, -0.25) is 14.4 Å². The quantitative estimate of drug-likeness (QED) is 0.465. The standard InChI is InChI=1S/C22H21N9O/c23-4-8-30-6-2-18(3-7-30)31-13-17(12-27-31)28-21-20-15(1-5-26-22(20)32)9-19(29-21)16-10-24-14-25-11-16/h1,5,9-14,18H,2-3,6-8H2,(H,26,32)(H,28,29). The average molecular weight is 427 g/mol. The zero-order chi connectivity index (χ0) is 21.9. The van der Waals surface area contributed by atoms with Crippen molar-refractivity contribution in [3.63, 3.8) is 0 Å². The largest absolute Gasteiger partial charge is 0.337 e. The van der Waals surface area contributed by atoms with Crippen LogP contribution in [0.1, 0.15) is 18.9 Å². The molecular weight excluding hydrogens is 406 g/mol. The van der Waals surface area contributed by atoms with E-state index in [2.05, 4.69) is 36.3 Å². The van der Waals surface area contributed by atoms with Gasteiger partial charge in [0.1, 0.15) is 12.1 Å². The van der Waals surface area contributed by atoms with Crippen molar-refractivity contribution in [2.75, 3.05) is 25.0 Å². The van der Waals surface area contributed by atoms with Crippen molar-refractivity contribution in [1.82, 2.24) is 34.6 Å². The molecule has 0 amide bonds. The second-order valence-corrected chi connectivity index (χ2v) is 7.75. The second kappa shape index (κ2) is 8.56. The van der Waals surface area contributed by atoms with Crippen LogP contribution < -0.4 is 10.9 Å². The summed E-state index contributed by atoms with van der Waals surface area (Å²) in [5, 5.41) is 17.9. The molecule has 4 aromatic rings. The summed E-state index contributed by atoms with van der Waals surface area (Å²) < 4.78 is 1.95. The molecule has 5 rings (SSSR count). The topological polar surface area (TPSA) is 128 Å². The number of nitrogens with zero attached hydrogens (tertiary/aromatic N) is 7. The summed E-state index contributed by atoms with van der Waals surface area (Å²) in [6.45, 7) is 2.22. The molecule has 0 unspecified atom stereocenters. The minimum atomic E-state index is -0.217. The van der Waals surface area contributed by atoms with Crippen LogP contribution in [0.15, 0.2) is 54.2 Å². The summed E-state index contributed by atoms with van der Waals surface area (Å²) in [6, 6.07) is 6.19. The Bertz CT molecular complexity index is 1330. The van der Waals surface area contributed by atoms with Gasteiger partial charge in [0.25, 0.3) is 5.56 Å². The van der Waals surface area contributed by atoms with Crippen molar-refractivity contribution < 1.29 is 0 Å². The Morgan fingerprint density at radius 1 is 1.22 bits per heavy atom. The van der Waals surface area contributed by atoms with Crippen LogP contribution in [0.2, 0.25) is 0 Å². The molecule has 0 bridgehead atoms. The second-order valence-electron chi connectivity index (χ2n) is 7.75. The molecule has 1 aliphatic heterocycles. The number of nitrogens with one attached hydrogen (secondary N) is 2. The van der Waals surface area contributed by atoms with Crippen molar-refractivity contribution in [1.29, 1.82) is 5.26 Å². The molecule has 0 aromatic carbocycles. The van der Waals surface area contributed by atoms with E-state index in [0.29, 0.717) is 23.4 Å². The maximum atomic E-state index is 12.6. The van der Waals surface area contributed by atoms with E-state index in [9.17, 15) is 4.79 Å². The van der Waals surface area contributed by atoms with Crippen LogP contribution in [0.4, 0.5) is 11.5 Å². The van der Waals surface area contributed by atoms with Crippen LogP contribution in [-0.2, 0) is 0 Å². The Balaban J connectivity index is 1.45. The summed E-state index contributed by atoms with van der Waals surface area (Å²) >= 11 is 0. The van der Waals surface area contributed by atoms with Gasteiger partial charge in [-0.1, -0.05) is 0 Å². The van der Waals surface area contributed by atoms with E-state index in [1.165, 1.54) is 6.33 Å². The highest BCUT2D eigenvalue weighted by molar-refractivity contribution is 5.94. The van der Waals surface area contributed by atoms with Crippen molar-refractivity contribution in [3.05, 3.63) is 59.8 Å². The molecule has 0 aliphatic carbocycles. The Kier molecular flexibility index (Phi) is 5.31. The van der Waals surface area contributed by atoms with Crippen LogP contribution in [-0.4, -0.2) is 54.3 Å². The lowest BCUT2D eigenvalue weighted by Gasteiger charge is -2.30. The Hall–Kier alpha value is -4.10. The average Bonchev–Trinajstić information content (AvgIpc) is 3.29. The lowest BCUT2D eigenvalue weighted by molar-refractivity contribution is 0.197. The normalized spacial score (nSPS) is 15.0. The van der Waals surface area contributed by atoms with Crippen LogP contribution in [0, 0.1) is 11.3 Å². The summed E-state index contributed by atoms with van der Waals surface area (Å²) in [7, 11) is 0. The summed E-state index contributed by atoms with van der Waals surface area (Å²) in [4.78, 5) is 30.3. The third kappa shape index (κ3) is 3.93. The first-order chi connectivity index (χ1) is 15.7. The van der Waals surface area contributed by atoms with Gasteiger partial charge in [-0.2, -0.15) is 10.4 Å². The number of nitriles is 1. The fraction of sp³-hybridized carbons (Fsp3) is 0.273. The van der Waals surface area contributed by atoms with E-state index < -0.39 is 0 Å². The number of rotatable bonds is 5. The van der Waals surface area contributed by atoms with Crippen LogP contribution >= 0.6 is 0 Å². The number of aromatic nitrogens is 6. The minimum absolute atomic E-state index is 0.217. The lowest BCUT2D eigenvalue weighted by atomic mass is 10.1.